The summed E-state index contributed by atoms with van der Waals surface area (Å²) < 4.78 is 25.5. The highest BCUT2D eigenvalue weighted by Crippen LogP contribution is 2.47. The predicted molar refractivity (Wildman–Crippen MR) is 59.7 cm³/mol. The molecule has 1 heterocycles. The van der Waals surface area contributed by atoms with Crippen LogP contribution in [0.25, 0.3) is 0 Å². The Balaban J connectivity index is 2.24. The zero-order chi connectivity index (χ0) is 12.2. The summed E-state index contributed by atoms with van der Waals surface area (Å²) in [6.45, 7) is 5.16. The average Bonchev–Trinajstić information content (AvgIpc) is 2.13. The van der Waals surface area contributed by atoms with Crippen LogP contribution in [0.1, 0.15) is 13.8 Å². The second kappa shape index (κ2) is 5.69. The van der Waals surface area contributed by atoms with Crippen molar-refractivity contribution in [3.63, 3.8) is 0 Å². The van der Waals surface area contributed by atoms with Gasteiger partial charge in [-0.2, -0.15) is 0 Å². The van der Waals surface area contributed by atoms with E-state index in [0.717, 1.165) is 0 Å². The van der Waals surface area contributed by atoms with Gasteiger partial charge in [-0.15, -0.1) is 0 Å². The molecule has 1 rings (SSSR count). The summed E-state index contributed by atoms with van der Waals surface area (Å²) in [5.74, 6) is 1.64. The van der Waals surface area contributed by atoms with Gasteiger partial charge < -0.3 is 18.8 Å². The molecule has 0 amide bonds. The van der Waals surface area contributed by atoms with E-state index in [1.165, 1.54) is 6.08 Å². The molecular formula is C8H16O6P2. The zero-order valence-corrected chi connectivity index (χ0v) is 11.0. The van der Waals surface area contributed by atoms with Crippen LogP contribution in [-0.4, -0.2) is 29.6 Å². The Morgan fingerprint density at radius 1 is 1.44 bits per heavy atom. The molecule has 0 saturated carbocycles. The van der Waals surface area contributed by atoms with Gasteiger partial charge in [0.1, 0.15) is 0 Å². The van der Waals surface area contributed by atoms with Gasteiger partial charge in [0.2, 0.25) is 0 Å². The summed E-state index contributed by atoms with van der Waals surface area (Å²) in [5.41, 5.74) is 0.0229. The molecule has 0 bridgehead atoms. The summed E-state index contributed by atoms with van der Waals surface area (Å²) in [6.07, 6.45) is 1.49. The van der Waals surface area contributed by atoms with Gasteiger partial charge in [0, 0.05) is 5.41 Å². The van der Waals surface area contributed by atoms with Crippen molar-refractivity contribution < 1.29 is 27.9 Å². The molecule has 8 heteroatoms. The first-order valence-corrected chi connectivity index (χ1v) is 7.48. The summed E-state index contributed by atoms with van der Waals surface area (Å²) >= 11 is 0. The minimum Gasteiger partial charge on any atom is -0.330 e. The molecule has 94 valence electrons. The molecular weight excluding hydrogens is 254 g/mol. The Morgan fingerprint density at radius 2 is 2.00 bits per heavy atom. The van der Waals surface area contributed by atoms with Crippen LogP contribution in [0.4, 0.5) is 0 Å². The summed E-state index contributed by atoms with van der Waals surface area (Å²) in [4.78, 5) is 16.8. The lowest BCUT2D eigenvalue weighted by Gasteiger charge is -2.32. The minimum atomic E-state index is -4.38. The molecule has 1 aliphatic rings. The van der Waals surface area contributed by atoms with Gasteiger partial charge in [-0.05, 0) is 5.82 Å². The van der Waals surface area contributed by atoms with Crippen molar-refractivity contribution >= 4 is 16.2 Å². The fraction of sp³-hybridized carbons (Fsp3) is 0.750. The van der Waals surface area contributed by atoms with E-state index in [-0.39, 0.29) is 12.0 Å². The molecule has 16 heavy (non-hydrogen) atoms. The van der Waals surface area contributed by atoms with Gasteiger partial charge in [-0.25, -0.2) is 4.57 Å². The standard InChI is InChI=1S/C8H16O6P2/c1-8(2)6-12-15(13-7-8)5-3-4-14-16(9,10)11/h3,5H,4,6-7H2,1-2H3,(H2,9,10,11). The van der Waals surface area contributed by atoms with Crippen molar-refractivity contribution in [3.05, 3.63) is 11.9 Å². The van der Waals surface area contributed by atoms with Crippen LogP contribution in [0, 0.1) is 5.41 Å². The second-order valence-electron chi connectivity index (χ2n) is 4.17. The van der Waals surface area contributed by atoms with Crippen molar-refractivity contribution in [1.82, 2.24) is 0 Å². The first-order chi connectivity index (χ1) is 7.29. The maximum atomic E-state index is 10.3. The van der Waals surface area contributed by atoms with E-state index in [2.05, 4.69) is 4.52 Å². The van der Waals surface area contributed by atoms with Gasteiger partial charge in [0.25, 0.3) is 0 Å². The van der Waals surface area contributed by atoms with Crippen LogP contribution in [0.3, 0.4) is 0 Å². The molecule has 0 aromatic carbocycles. The second-order valence-corrected chi connectivity index (χ2v) is 6.79. The highest BCUT2D eigenvalue weighted by molar-refractivity contribution is 7.50. The number of hydrogen-bond donors (Lipinski definition) is 2. The van der Waals surface area contributed by atoms with E-state index in [0.29, 0.717) is 13.2 Å². The fourth-order valence-electron chi connectivity index (χ4n) is 0.911. The third kappa shape index (κ3) is 6.06. The Hall–Kier alpha value is 0.200. The largest absolute Gasteiger partial charge is 0.469 e. The van der Waals surface area contributed by atoms with E-state index >= 15 is 0 Å². The molecule has 1 saturated heterocycles. The maximum Gasteiger partial charge on any atom is 0.469 e. The van der Waals surface area contributed by atoms with Crippen molar-refractivity contribution in [2.75, 3.05) is 19.8 Å². The van der Waals surface area contributed by atoms with Crippen LogP contribution in [-0.2, 0) is 18.1 Å². The molecule has 0 aromatic rings. The molecule has 0 spiro atoms. The first-order valence-electron chi connectivity index (χ1n) is 4.70. The van der Waals surface area contributed by atoms with Crippen LogP contribution < -0.4 is 0 Å². The molecule has 0 unspecified atom stereocenters. The molecule has 0 aliphatic carbocycles. The van der Waals surface area contributed by atoms with Crippen molar-refractivity contribution in [3.8, 4) is 0 Å². The van der Waals surface area contributed by atoms with E-state index in [9.17, 15) is 4.57 Å². The Morgan fingerprint density at radius 3 is 2.50 bits per heavy atom. The average molecular weight is 270 g/mol. The van der Waals surface area contributed by atoms with Gasteiger partial charge in [-0.3, -0.25) is 4.52 Å². The quantitative estimate of drug-likeness (QED) is 0.760. The predicted octanol–water partition coefficient (Wildman–Crippen LogP) is 1.99. The van der Waals surface area contributed by atoms with E-state index < -0.39 is 16.2 Å². The Bertz CT molecular complexity index is 287. The number of rotatable bonds is 4. The topological polar surface area (TPSA) is 85.2 Å². The van der Waals surface area contributed by atoms with Crippen molar-refractivity contribution in [2.45, 2.75) is 13.8 Å². The molecule has 1 aliphatic heterocycles. The molecule has 6 nitrogen and oxygen atoms in total. The molecule has 0 radical (unpaired) electrons. The lowest BCUT2D eigenvalue weighted by atomic mass is 9.97. The Kier molecular flexibility index (Phi) is 5.08. The van der Waals surface area contributed by atoms with Crippen molar-refractivity contribution in [2.24, 2.45) is 5.41 Å². The normalized spacial score (nSPS) is 22.8. The van der Waals surface area contributed by atoms with Crippen LogP contribution >= 0.6 is 16.2 Å². The van der Waals surface area contributed by atoms with E-state index in [4.69, 9.17) is 18.8 Å². The van der Waals surface area contributed by atoms with Gasteiger partial charge in [0.05, 0.1) is 19.8 Å². The zero-order valence-electron chi connectivity index (χ0n) is 9.20. The third-order valence-electron chi connectivity index (χ3n) is 1.73. The minimum absolute atomic E-state index is 0.0229. The number of phosphoric ester groups is 1. The summed E-state index contributed by atoms with van der Waals surface area (Å²) in [6, 6.07) is 0. The van der Waals surface area contributed by atoms with Gasteiger partial charge >= 0.3 is 7.82 Å². The highest BCUT2D eigenvalue weighted by atomic mass is 31.2. The van der Waals surface area contributed by atoms with Crippen molar-refractivity contribution in [1.29, 1.82) is 0 Å². The van der Waals surface area contributed by atoms with Gasteiger partial charge in [0.15, 0.2) is 8.38 Å². The van der Waals surface area contributed by atoms with Crippen LogP contribution in [0.15, 0.2) is 11.9 Å². The number of phosphoric acid groups is 1. The van der Waals surface area contributed by atoms with Crippen LogP contribution in [0.2, 0.25) is 0 Å². The first kappa shape index (κ1) is 14.3. The Labute approximate surface area is 95.8 Å². The lowest BCUT2D eigenvalue weighted by Crippen LogP contribution is -2.27. The van der Waals surface area contributed by atoms with Crippen LogP contribution in [0.5, 0.6) is 0 Å². The molecule has 0 aromatic heterocycles. The molecule has 1 fully saturated rings. The van der Waals surface area contributed by atoms with E-state index in [1.54, 1.807) is 5.82 Å². The molecule has 2 N–H and O–H groups in total. The summed E-state index contributed by atoms with van der Waals surface area (Å²) in [5, 5.41) is 0. The third-order valence-corrected chi connectivity index (χ3v) is 3.44. The number of hydrogen-bond acceptors (Lipinski definition) is 4. The molecule has 0 atom stereocenters. The van der Waals surface area contributed by atoms with Gasteiger partial charge in [-0.1, -0.05) is 19.9 Å². The lowest BCUT2D eigenvalue weighted by molar-refractivity contribution is 0.0651. The smallest absolute Gasteiger partial charge is 0.330 e. The fourth-order valence-corrected chi connectivity index (χ4v) is 2.65. The van der Waals surface area contributed by atoms with E-state index in [1.807, 2.05) is 13.8 Å². The maximum absolute atomic E-state index is 10.3. The summed E-state index contributed by atoms with van der Waals surface area (Å²) in [7, 11) is -5.47. The highest BCUT2D eigenvalue weighted by Gasteiger charge is 2.27. The SMILES string of the molecule is CC1(C)COP(C=CCOP(=O)(O)O)OC1. The monoisotopic (exact) mass is 270 g/mol.